The minimum atomic E-state index is -0.343. The molecule has 37 heavy (non-hydrogen) atoms. The van der Waals surface area contributed by atoms with E-state index in [1.165, 1.54) is 27.5 Å². The summed E-state index contributed by atoms with van der Waals surface area (Å²) < 4.78 is 21.9. The number of ether oxygens (including phenoxy) is 4. The fraction of sp³-hybridized carbons (Fsp3) is 0.185. The number of aromatic nitrogens is 3. The second-order valence-electron chi connectivity index (χ2n) is 7.75. The van der Waals surface area contributed by atoms with Crippen LogP contribution in [0, 0.1) is 0 Å². The lowest BCUT2D eigenvalue weighted by atomic mass is 10.0. The number of rotatable bonds is 11. The first-order valence-electron chi connectivity index (χ1n) is 11.2. The van der Waals surface area contributed by atoms with Gasteiger partial charge in [-0.25, -0.2) is 4.98 Å². The number of ketones is 1. The van der Waals surface area contributed by atoms with Gasteiger partial charge in [0.25, 0.3) is 0 Å². The number of hydrogen-bond donors (Lipinski definition) is 1. The minimum absolute atomic E-state index is 0.0979. The molecule has 0 amide bonds. The van der Waals surface area contributed by atoms with Crippen LogP contribution in [-0.2, 0) is 13.2 Å². The average molecular weight is 521 g/mol. The Kier molecular flexibility index (Phi) is 8.37. The van der Waals surface area contributed by atoms with Gasteiger partial charge in [-0.15, -0.1) is 0 Å². The van der Waals surface area contributed by atoms with Crippen LogP contribution in [0.4, 0.5) is 5.82 Å². The van der Waals surface area contributed by atoms with E-state index in [1.54, 1.807) is 24.4 Å². The van der Waals surface area contributed by atoms with E-state index in [0.717, 1.165) is 11.3 Å². The Morgan fingerprint density at radius 3 is 2.38 bits per heavy atom. The molecule has 0 aliphatic heterocycles. The lowest BCUT2D eigenvalue weighted by molar-refractivity contribution is 0.103. The highest BCUT2D eigenvalue weighted by molar-refractivity contribution is 6.30. The second kappa shape index (κ2) is 12.0. The molecule has 2 aromatic heterocycles. The number of anilines is 1. The van der Waals surface area contributed by atoms with Crippen molar-refractivity contribution in [2.45, 2.75) is 13.2 Å². The highest BCUT2D eigenvalue weighted by Gasteiger charge is 2.22. The smallest absolute Gasteiger partial charge is 0.318 e. The minimum Gasteiger partial charge on any atom is -0.493 e. The van der Waals surface area contributed by atoms with Crippen LogP contribution < -0.4 is 24.3 Å². The molecule has 0 fully saturated rings. The fourth-order valence-electron chi connectivity index (χ4n) is 3.56. The number of carbonyl (C=O) groups is 1. The monoisotopic (exact) mass is 520 g/mol. The van der Waals surface area contributed by atoms with Crippen LogP contribution in [0.2, 0.25) is 5.02 Å². The van der Waals surface area contributed by atoms with E-state index in [4.69, 9.17) is 30.5 Å². The van der Waals surface area contributed by atoms with Gasteiger partial charge in [-0.1, -0.05) is 29.8 Å². The maximum atomic E-state index is 13.6. The van der Waals surface area contributed by atoms with Crippen molar-refractivity contribution < 1.29 is 23.7 Å². The van der Waals surface area contributed by atoms with Crippen molar-refractivity contribution in [2.75, 3.05) is 26.6 Å². The number of hydrogen-bond acceptors (Lipinski definition) is 9. The van der Waals surface area contributed by atoms with Gasteiger partial charge in [0.1, 0.15) is 12.4 Å². The molecule has 0 aliphatic rings. The second-order valence-corrected chi connectivity index (χ2v) is 8.19. The molecule has 10 heteroatoms. The van der Waals surface area contributed by atoms with Gasteiger partial charge in [0.15, 0.2) is 17.3 Å². The maximum Gasteiger partial charge on any atom is 0.318 e. The SMILES string of the molecule is COc1cc(C(=O)c2cnc(OCc3ccccn3)nc2NCc2cccc(Cl)c2)cc(OC)c1OC. The van der Waals surface area contributed by atoms with Crippen molar-refractivity contribution >= 4 is 23.2 Å². The Hall–Kier alpha value is -4.37. The molecule has 0 bridgehead atoms. The van der Waals surface area contributed by atoms with E-state index in [1.807, 2.05) is 36.4 Å². The van der Waals surface area contributed by atoms with E-state index >= 15 is 0 Å². The third-order valence-corrected chi connectivity index (χ3v) is 5.60. The zero-order valence-electron chi connectivity index (χ0n) is 20.5. The van der Waals surface area contributed by atoms with E-state index in [0.29, 0.717) is 40.2 Å². The quantitative estimate of drug-likeness (QED) is 0.274. The number of halogens is 1. The first-order chi connectivity index (χ1) is 18.0. The van der Waals surface area contributed by atoms with Crippen LogP contribution >= 0.6 is 11.6 Å². The van der Waals surface area contributed by atoms with Crippen molar-refractivity contribution in [1.82, 2.24) is 15.0 Å². The van der Waals surface area contributed by atoms with Gasteiger partial charge in [0.05, 0.1) is 32.6 Å². The highest BCUT2D eigenvalue weighted by Crippen LogP contribution is 2.39. The number of carbonyl (C=O) groups excluding carboxylic acids is 1. The number of nitrogens with zero attached hydrogens (tertiary/aromatic N) is 3. The Balaban J connectivity index is 1.67. The van der Waals surface area contributed by atoms with E-state index < -0.39 is 0 Å². The highest BCUT2D eigenvalue weighted by atomic mass is 35.5. The first kappa shape index (κ1) is 25.7. The van der Waals surface area contributed by atoms with Crippen LogP contribution in [0.3, 0.4) is 0 Å². The molecule has 4 rings (SSSR count). The number of pyridine rings is 1. The molecule has 0 atom stereocenters. The van der Waals surface area contributed by atoms with Crippen LogP contribution in [0.5, 0.6) is 23.3 Å². The molecule has 0 saturated heterocycles. The molecule has 2 aromatic carbocycles. The zero-order valence-corrected chi connectivity index (χ0v) is 21.3. The standard InChI is InChI=1S/C27H25ClN4O5/c1-34-22-12-18(13-23(35-2)25(22)36-3)24(33)21-15-31-27(37-16-20-9-4-5-10-29-20)32-26(21)30-14-17-7-6-8-19(28)11-17/h4-13,15H,14,16H2,1-3H3,(H,30,31,32). The topological polar surface area (TPSA) is 105 Å². The van der Waals surface area contributed by atoms with E-state index in [9.17, 15) is 4.79 Å². The van der Waals surface area contributed by atoms with Crippen LogP contribution in [0.1, 0.15) is 27.2 Å². The maximum absolute atomic E-state index is 13.6. The van der Waals surface area contributed by atoms with E-state index in [-0.39, 0.29) is 24.0 Å². The predicted octanol–water partition coefficient (Wildman–Crippen LogP) is 4.97. The van der Waals surface area contributed by atoms with Crippen molar-refractivity contribution in [3.8, 4) is 23.3 Å². The van der Waals surface area contributed by atoms with Crippen molar-refractivity contribution in [2.24, 2.45) is 0 Å². The number of nitrogens with one attached hydrogen (secondary N) is 1. The van der Waals surface area contributed by atoms with Gasteiger partial charge < -0.3 is 24.3 Å². The summed E-state index contributed by atoms with van der Waals surface area (Å²) in [6.07, 6.45) is 3.10. The lowest BCUT2D eigenvalue weighted by Crippen LogP contribution is -2.12. The van der Waals surface area contributed by atoms with Gasteiger partial charge in [-0.05, 0) is 42.0 Å². The Morgan fingerprint density at radius 1 is 0.946 bits per heavy atom. The van der Waals surface area contributed by atoms with Gasteiger partial charge in [-0.2, -0.15) is 4.98 Å². The Labute approximate surface area is 219 Å². The van der Waals surface area contributed by atoms with Gasteiger partial charge in [0, 0.05) is 29.5 Å². The molecule has 1 N–H and O–H groups in total. The first-order valence-corrected chi connectivity index (χ1v) is 11.6. The molecule has 0 saturated carbocycles. The lowest BCUT2D eigenvalue weighted by Gasteiger charge is -2.15. The van der Waals surface area contributed by atoms with Crippen LogP contribution in [0.15, 0.2) is 67.0 Å². The fourth-order valence-corrected chi connectivity index (χ4v) is 3.77. The van der Waals surface area contributed by atoms with Crippen LogP contribution in [-0.4, -0.2) is 42.1 Å². The van der Waals surface area contributed by atoms with Crippen molar-refractivity contribution in [1.29, 1.82) is 0 Å². The third-order valence-electron chi connectivity index (χ3n) is 5.36. The zero-order chi connectivity index (χ0) is 26.2. The van der Waals surface area contributed by atoms with Crippen molar-refractivity contribution in [3.63, 3.8) is 0 Å². The largest absolute Gasteiger partial charge is 0.493 e. The molecule has 0 aliphatic carbocycles. The van der Waals surface area contributed by atoms with Gasteiger partial charge >= 0.3 is 6.01 Å². The van der Waals surface area contributed by atoms with Gasteiger partial charge in [-0.3, -0.25) is 9.78 Å². The van der Waals surface area contributed by atoms with Gasteiger partial charge in [0.2, 0.25) is 5.75 Å². The molecule has 0 radical (unpaired) electrons. The molecule has 190 valence electrons. The molecule has 0 unspecified atom stereocenters. The normalized spacial score (nSPS) is 10.5. The van der Waals surface area contributed by atoms with Crippen molar-refractivity contribution in [3.05, 3.63) is 94.4 Å². The third kappa shape index (κ3) is 6.25. The Bertz CT molecular complexity index is 1360. The summed E-state index contributed by atoms with van der Waals surface area (Å²) in [6.45, 7) is 0.543. The van der Waals surface area contributed by atoms with E-state index in [2.05, 4.69) is 20.3 Å². The molecular formula is C27H25ClN4O5. The number of methoxy groups -OCH3 is 3. The summed E-state index contributed by atoms with van der Waals surface area (Å²) in [4.78, 5) is 26.6. The molecular weight excluding hydrogens is 496 g/mol. The summed E-state index contributed by atoms with van der Waals surface area (Å²) in [5, 5.41) is 3.82. The summed E-state index contributed by atoms with van der Waals surface area (Å²) in [5.41, 5.74) is 2.18. The summed E-state index contributed by atoms with van der Waals surface area (Å²) in [7, 11) is 4.47. The molecule has 9 nitrogen and oxygen atoms in total. The average Bonchev–Trinajstić information content (AvgIpc) is 2.94. The predicted molar refractivity (Wildman–Crippen MR) is 139 cm³/mol. The summed E-state index contributed by atoms with van der Waals surface area (Å²) >= 11 is 6.13. The number of benzene rings is 2. The molecule has 4 aromatic rings. The molecule has 2 heterocycles. The Morgan fingerprint density at radius 2 is 1.73 bits per heavy atom. The van der Waals surface area contributed by atoms with Crippen LogP contribution in [0.25, 0.3) is 0 Å². The summed E-state index contributed by atoms with van der Waals surface area (Å²) in [5.74, 6) is 1.05. The summed E-state index contributed by atoms with van der Waals surface area (Å²) in [6, 6.07) is 16.2. The molecule has 0 spiro atoms.